The highest BCUT2D eigenvalue weighted by atomic mass is 16.5. The van der Waals surface area contributed by atoms with E-state index in [0.717, 1.165) is 11.1 Å². The third-order valence-corrected chi connectivity index (χ3v) is 1.91. The lowest BCUT2D eigenvalue weighted by Gasteiger charge is -2.12. The molecule has 1 aromatic rings. The van der Waals surface area contributed by atoms with Crippen LogP contribution in [0.2, 0.25) is 0 Å². The van der Waals surface area contributed by atoms with Gasteiger partial charge in [0.05, 0.1) is 0 Å². The molecule has 3 heteroatoms. The second-order valence-corrected chi connectivity index (χ2v) is 3.49. The number of ether oxygens (including phenoxy) is 1. The average Bonchev–Trinajstić information content (AvgIpc) is 2.01. The zero-order chi connectivity index (χ0) is 10.7. The summed E-state index contributed by atoms with van der Waals surface area (Å²) in [6, 6.07) is 5.81. The van der Waals surface area contributed by atoms with Crippen LogP contribution in [-0.4, -0.2) is 12.0 Å². The minimum Gasteiger partial charge on any atom is -0.481 e. The third kappa shape index (κ3) is 2.76. The van der Waals surface area contributed by atoms with Gasteiger partial charge in [-0.2, -0.15) is 0 Å². The minimum atomic E-state index is -0.587. The van der Waals surface area contributed by atoms with Crippen molar-refractivity contribution in [3.8, 4) is 5.75 Å². The van der Waals surface area contributed by atoms with Gasteiger partial charge in [0.1, 0.15) is 5.75 Å². The number of carbonyl (C=O) groups is 1. The first-order valence-corrected chi connectivity index (χ1v) is 4.53. The molecule has 0 aliphatic rings. The van der Waals surface area contributed by atoms with Crippen LogP contribution in [0.15, 0.2) is 18.2 Å². The monoisotopic (exact) mass is 193 g/mol. The van der Waals surface area contributed by atoms with Crippen LogP contribution in [0.4, 0.5) is 0 Å². The molecular weight excluding hydrogens is 178 g/mol. The van der Waals surface area contributed by atoms with Gasteiger partial charge in [0.2, 0.25) is 0 Å². The molecule has 76 valence electrons. The molecule has 0 aromatic heterocycles. The smallest absolute Gasteiger partial charge is 0.258 e. The molecule has 3 nitrogen and oxygen atoms in total. The maximum atomic E-state index is 10.8. The van der Waals surface area contributed by atoms with Gasteiger partial charge in [-0.3, -0.25) is 4.79 Å². The number of benzene rings is 1. The number of hydrogen-bond acceptors (Lipinski definition) is 2. The molecule has 1 atom stereocenters. The van der Waals surface area contributed by atoms with Crippen molar-refractivity contribution in [3.05, 3.63) is 29.3 Å². The van der Waals surface area contributed by atoms with Gasteiger partial charge in [-0.05, 0) is 44.0 Å². The van der Waals surface area contributed by atoms with Gasteiger partial charge in [-0.15, -0.1) is 0 Å². The molecule has 2 N–H and O–H groups in total. The van der Waals surface area contributed by atoms with Crippen LogP contribution in [0.25, 0.3) is 0 Å². The van der Waals surface area contributed by atoms with E-state index in [1.807, 2.05) is 32.0 Å². The molecule has 0 saturated carbocycles. The van der Waals surface area contributed by atoms with Gasteiger partial charge in [-0.25, -0.2) is 0 Å². The molecule has 0 heterocycles. The molecule has 1 rings (SSSR count). The largest absolute Gasteiger partial charge is 0.481 e. The third-order valence-electron chi connectivity index (χ3n) is 1.91. The quantitative estimate of drug-likeness (QED) is 0.792. The van der Waals surface area contributed by atoms with Gasteiger partial charge in [0.15, 0.2) is 6.10 Å². The highest BCUT2D eigenvalue weighted by Gasteiger charge is 2.10. The Hall–Kier alpha value is -1.51. The van der Waals surface area contributed by atoms with Crippen molar-refractivity contribution in [2.75, 3.05) is 0 Å². The van der Waals surface area contributed by atoms with Crippen LogP contribution in [0.5, 0.6) is 5.75 Å². The molecule has 0 spiro atoms. The number of hydrogen-bond donors (Lipinski definition) is 1. The van der Waals surface area contributed by atoms with Crippen molar-refractivity contribution in [3.63, 3.8) is 0 Å². The standard InChI is InChI=1S/C11H15NO2/c1-7-4-8(2)6-10(5-7)14-9(3)11(12)13/h4-6,9H,1-3H3,(H2,12,13). The van der Waals surface area contributed by atoms with Crippen molar-refractivity contribution < 1.29 is 9.53 Å². The Morgan fingerprint density at radius 1 is 1.29 bits per heavy atom. The van der Waals surface area contributed by atoms with Crippen LogP contribution in [0.1, 0.15) is 18.1 Å². The fourth-order valence-corrected chi connectivity index (χ4v) is 1.26. The zero-order valence-corrected chi connectivity index (χ0v) is 8.70. The molecule has 0 aliphatic carbocycles. The van der Waals surface area contributed by atoms with Crippen LogP contribution in [0, 0.1) is 13.8 Å². The molecule has 1 amide bonds. The Balaban J connectivity index is 2.81. The van der Waals surface area contributed by atoms with Crippen LogP contribution in [0.3, 0.4) is 0 Å². The lowest BCUT2D eigenvalue weighted by Crippen LogP contribution is -2.30. The summed E-state index contributed by atoms with van der Waals surface area (Å²) >= 11 is 0. The Morgan fingerprint density at radius 2 is 1.79 bits per heavy atom. The maximum absolute atomic E-state index is 10.8. The Bertz CT molecular complexity index is 327. The molecule has 0 bridgehead atoms. The molecule has 0 radical (unpaired) electrons. The predicted octanol–water partition coefficient (Wildman–Crippen LogP) is 1.56. The normalized spacial score (nSPS) is 12.2. The summed E-state index contributed by atoms with van der Waals surface area (Å²) in [7, 11) is 0. The Kier molecular flexibility index (Phi) is 3.12. The molecule has 14 heavy (non-hydrogen) atoms. The summed E-state index contributed by atoms with van der Waals surface area (Å²) in [5.41, 5.74) is 7.31. The topological polar surface area (TPSA) is 52.3 Å². The first-order valence-electron chi connectivity index (χ1n) is 4.53. The number of primary amides is 1. The second-order valence-electron chi connectivity index (χ2n) is 3.49. The maximum Gasteiger partial charge on any atom is 0.258 e. The highest BCUT2D eigenvalue weighted by Crippen LogP contribution is 2.17. The second kappa shape index (κ2) is 4.13. The highest BCUT2D eigenvalue weighted by molar-refractivity contribution is 5.78. The summed E-state index contributed by atoms with van der Waals surface area (Å²) in [5.74, 6) is 0.234. The van der Waals surface area contributed by atoms with E-state index in [1.165, 1.54) is 0 Å². The van der Waals surface area contributed by atoms with E-state index in [-0.39, 0.29) is 0 Å². The van der Waals surface area contributed by atoms with E-state index >= 15 is 0 Å². The Labute approximate surface area is 83.9 Å². The van der Waals surface area contributed by atoms with Crippen LogP contribution < -0.4 is 10.5 Å². The number of nitrogens with two attached hydrogens (primary N) is 1. The molecule has 0 saturated heterocycles. The summed E-state index contributed by atoms with van der Waals surface area (Å²) in [6.07, 6.45) is -0.587. The zero-order valence-electron chi connectivity index (χ0n) is 8.70. The van der Waals surface area contributed by atoms with Crippen molar-refractivity contribution in [2.24, 2.45) is 5.73 Å². The van der Waals surface area contributed by atoms with Gasteiger partial charge in [0.25, 0.3) is 5.91 Å². The number of amides is 1. The fraction of sp³-hybridized carbons (Fsp3) is 0.364. The first kappa shape index (κ1) is 10.6. The van der Waals surface area contributed by atoms with Crippen molar-refractivity contribution in [1.29, 1.82) is 0 Å². The average molecular weight is 193 g/mol. The lowest BCUT2D eigenvalue weighted by atomic mass is 10.1. The van der Waals surface area contributed by atoms with Gasteiger partial charge < -0.3 is 10.5 Å². The fourth-order valence-electron chi connectivity index (χ4n) is 1.26. The van der Waals surface area contributed by atoms with E-state index < -0.39 is 12.0 Å². The van der Waals surface area contributed by atoms with E-state index in [0.29, 0.717) is 5.75 Å². The summed E-state index contributed by atoms with van der Waals surface area (Å²) < 4.78 is 5.36. The predicted molar refractivity (Wildman–Crippen MR) is 55.2 cm³/mol. The van der Waals surface area contributed by atoms with Gasteiger partial charge in [0, 0.05) is 0 Å². The van der Waals surface area contributed by atoms with Crippen LogP contribution in [-0.2, 0) is 4.79 Å². The SMILES string of the molecule is Cc1cc(C)cc(OC(C)C(N)=O)c1. The van der Waals surface area contributed by atoms with Crippen molar-refractivity contribution >= 4 is 5.91 Å². The molecule has 0 fully saturated rings. The van der Waals surface area contributed by atoms with E-state index in [2.05, 4.69) is 0 Å². The van der Waals surface area contributed by atoms with E-state index in [4.69, 9.17) is 10.5 Å². The van der Waals surface area contributed by atoms with Gasteiger partial charge in [-0.1, -0.05) is 6.07 Å². The summed E-state index contributed by atoms with van der Waals surface area (Å²) in [6.45, 7) is 5.60. The number of rotatable bonds is 3. The molecule has 1 aromatic carbocycles. The lowest BCUT2D eigenvalue weighted by molar-refractivity contribution is -0.123. The minimum absolute atomic E-state index is 0.454. The number of aryl methyl sites for hydroxylation is 2. The Morgan fingerprint density at radius 3 is 2.21 bits per heavy atom. The van der Waals surface area contributed by atoms with Crippen molar-refractivity contribution in [1.82, 2.24) is 0 Å². The van der Waals surface area contributed by atoms with E-state index in [9.17, 15) is 4.79 Å². The van der Waals surface area contributed by atoms with Gasteiger partial charge >= 0.3 is 0 Å². The van der Waals surface area contributed by atoms with E-state index in [1.54, 1.807) is 6.92 Å². The molecular formula is C11H15NO2. The first-order chi connectivity index (χ1) is 6.49. The van der Waals surface area contributed by atoms with Crippen molar-refractivity contribution in [2.45, 2.75) is 26.9 Å². The summed E-state index contributed by atoms with van der Waals surface area (Å²) in [5, 5.41) is 0. The summed E-state index contributed by atoms with van der Waals surface area (Å²) in [4.78, 5) is 10.8. The van der Waals surface area contributed by atoms with Crippen LogP contribution >= 0.6 is 0 Å². The molecule has 0 aliphatic heterocycles. The molecule has 1 unspecified atom stereocenters. The number of carbonyl (C=O) groups excluding carboxylic acids is 1.